The summed E-state index contributed by atoms with van der Waals surface area (Å²) in [5.74, 6) is -2.60. The van der Waals surface area contributed by atoms with Crippen LogP contribution >= 0.6 is 0 Å². The Bertz CT molecular complexity index is 1320. The van der Waals surface area contributed by atoms with Crippen molar-refractivity contribution in [2.24, 2.45) is 52.3 Å². The van der Waals surface area contributed by atoms with Crippen LogP contribution in [0.3, 0.4) is 0 Å². The van der Waals surface area contributed by atoms with E-state index in [9.17, 15) is 48.7 Å². The Morgan fingerprint density at radius 2 is 1.60 bits per heavy atom. The van der Waals surface area contributed by atoms with Gasteiger partial charge >= 0.3 is 10.4 Å². The third kappa shape index (κ3) is 6.86. The molecule has 1 heterocycles. The van der Waals surface area contributed by atoms with Crippen LogP contribution < -0.4 is 0 Å². The zero-order chi connectivity index (χ0) is 37.1. The van der Waals surface area contributed by atoms with Crippen molar-refractivity contribution in [3.05, 3.63) is 12.2 Å². The van der Waals surface area contributed by atoms with Crippen LogP contribution in [0.2, 0.25) is 0 Å². The van der Waals surface area contributed by atoms with Crippen LogP contribution in [0.1, 0.15) is 73.1 Å². The van der Waals surface area contributed by atoms with E-state index in [-0.39, 0.29) is 31.0 Å². The van der Waals surface area contributed by atoms with Crippen LogP contribution in [-0.4, -0.2) is 130 Å². The average Bonchev–Trinajstić information content (AvgIpc) is 3.25. The molecule has 0 aromatic carbocycles. The molecule has 50 heavy (non-hydrogen) atoms. The van der Waals surface area contributed by atoms with E-state index >= 15 is 0 Å². The van der Waals surface area contributed by atoms with Gasteiger partial charge in [0.25, 0.3) is 0 Å². The van der Waals surface area contributed by atoms with Crippen molar-refractivity contribution < 1.29 is 67.1 Å². The maximum Gasteiger partial charge on any atom is 0.397 e. The van der Waals surface area contributed by atoms with Gasteiger partial charge in [-0.1, -0.05) is 46.8 Å². The molecule has 1 aliphatic heterocycles. The lowest BCUT2D eigenvalue weighted by Crippen LogP contribution is -2.75. The summed E-state index contributed by atoms with van der Waals surface area (Å²) in [5, 5.41) is 79.5. The summed E-state index contributed by atoms with van der Waals surface area (Å²) in [4.78, 5) is 0. The highest BCUT2D eigenvalue weighted by Gasteiger charge is 2.75. The largest absolute Gasteiger partial charge is 0.397 e. The second-order valence-corrected chi connectivity index (χ2v) is 17.6. The molecule has 0 bridgehead atoms. The van der Waals surface area contributed by atoms with Crippen molar-refractivity contribution in [2.45, 2.75) is 134 Å². The molecule has 14 nitrogen and oxygen atoms in total. The van der Waals surface area contributed by atoms with Crippen LogP contribution in [0.5, 0.6) is 0 Å². The second kappa shape index (κ2) is 14.8. The van der Waals surface area contributed by atoms with E-state index in [1.165, 1.54) is 7.11 Å². The summed E-state index contributed by atoms with van der Waals surface area (Å²) in [5.41, 5.74) is -3.17. The smallest absolute Gasteiger partial charge is 0.393 e. The minimum atomic E-state index is -4.91. The highest BCUT2D eigenvalue weighted by Crippen LogP contribution is 2.69. The summed E-state index contributed by atoms with van der Waals surface area (Å²) in [6.07, 6.45) is -3.63. The lowest BCUT2D eigenvalue weighted by Gasteiger charge is -2.67. The molecule has 0 amide bonds. The molecule has 5 aliphatic rings. The van der Waals surface area contributed by atoms with E-state index in [1.54, 1.807) is 0 Å². The average molecular weight is 737 g/mol. The van der Waals surface area contributed by atoms with Gasteiger partial charge < -0.3 is 50.0 Å². The van der Waals surface area contributed by atoms with Gasteiger partial charge in [0.2, 0.25) is 0 Å². The van der Waals surface area contributed by atoms with Gasteiger partial charge in [-0.2, -0.15) is 8.42 Å². The molecule has 4 saturated carbocycles. The van der Waals surface area contributed by atoms with E-state index in [1.807, 2.05) is 46.8 Å². The second-order valence-electron chi connectivity index (χ2n) is 16.5. The Morgan fingerprint density at radius 1 is 0.940 bits per heavy atom. The van der Waals surface area contributed by atoms with Crippen molar-refractivity contribution in [1.29, 1.82) is 0 Å². The lowest BCUT2D eigenvalue weighted by atomic mass is 9.41. The van der Waals surface area contributed by atoms with Gasteiger partial charge in [-0.05, 0) is 84.9 Å². The van der Waals surface area contributed by atoms with Crippen LogP contribution in [0.4, 0.5) is 0 Å². The molecule has 8 N–H and O–H groups in total. The maximum absolute atomic E-state index is 12.6. The zero-order valence-electron chi connectivity index (χ0n) is 30.0. The van der Waals surface area contributed by atoms with E-state index in [2.05, 4.69) is 0 Å². The molecule has 19 atom stereocenters. The quantitative estimate of drug-likeness (QED) is 0.108. The fraction of sp³-hybridized carbons (Fsp3) is 0.943. The number of allylic oxidation sites excluding steroid dienone is 2. The number of methoxy groups -OCH3 is 1. The highest BCUT2D eigenvalue weighted by molar-refractivity contribution is 7.80. The monoisotopic (exact) mass is 736 g/mol. The predicted octanol–water partition coefficient (Wildman–Crippen LogP) is 0.796. The van der Waals surface area contributed by atoms with E-state index in [0.717, 1.165) is 0 Å². The van der Waals surface area contributed by atoms with Crippen LogP contribution in [-0.2, 0) is 28.8 Å². The first-order valence-electron chi connectivity index (χ1n) is 18.2. The first-order chi connectivity index (χ1) is 23.3. The van der Waals surface area contributed by atoms with Crippen LogP contribution in [0.15, 0.2) is 12.2 Å². The number of ether oxygens (including phenoxy) is 3. The molecular formula is C35H60O14S. The zero-order valence-corrected chi connectivity index (χ0v) is 30.8. The molecule has 290 valence electrons. The molecule has 19 unspecified atom stereocenters. The number of hydrogen-bond acceptors (Lipinski definition) is 13. The summed E-state index contributed by atoms with van der Waals surface area (Å²) in [6.45, 7) is 9.82. The number of fused-ring (bicyclic) bond motifs is 5. The highest BCUT2D eigenvalue weighted by atomic mass is 32.3. The predicted molar refractivity (Wildman–Crippen MR) is 178 cm³/mol. The molecule has 0 aromatic rings. The number of hydrogen-bond donors (Lipinski definition) is 8. The third-order valence-electron chi connectivity index (χ3n) is 13.8. The van der Waals surface area contributed by atoms with E-state index in [0.29, 0.717) is 38.5 Å². The Kier molecular flexibility index (Phi) is 12.0. The van der Waals surface area contributed by atoms with Crippen LogP contribution in [0.25, 0.3) is 0 Å². The van der Waals surface area contributed by atoms with Gasteiger partial charge in [0.15, 0.2) is 12.4 Å². The molecule has 0 aromatic heterocycles. The molecular weight excluding hydrogens is 676 g/mol. The fourth-order valence-corrected chi connectivity index (χ4v) is 11.8. The normalized spacial score (nSPS) is 49.9. The summed E-state index contributed by atoms with van der Waals surface area (Å²) in [6, 6.07) is 0. The van der Waals surface area contributed by atoms with Gasteiger partial charge in [-0.15, -0.1) is 0 Å². The minimum Gasteiger partial charge on any atom is -0.393 e. The van der Waals surface area contributed by atoms with Gasteiger partial charge in [0.05, 0.1) is 37.6 Å². The third-order valence-corrected chi connectivity index (χ3v) is 14.3. The topological polar surface area (TPSA) is 233 Å². The molecule has 15 heteroatoms. The Morgan fingerprint density at radius 3 is 2.22 bits per heavy atom. The van der Waals surface area contributed by atoms with Gasteiger partial charge in [-0.25, -0.2) is 4.18 Å². The first kappa shape index (κ1) is 40.4. The standard InChI is InChI=1S/C35H60O14S/c1-7-19(18(3)15-47-32-29(49-50(43,44)45)28(46-6)22(37)16-48-32)9-8-17(2)24-26(39)27(40)30-34(24,5)13-11-23-33(4)12-10-20(36)14-21(33)25(38)31(41)35(23,30)42/h8-9,17-32,36-42H,7,10-16H2,1-6H3,(H,43,44,45). The molecule has 4 aliphatic carbocycles. The summed E-state index contributed by atoms with van der Waals surface area (Å²) in [7, 11) is -3.64. The fourth-order valence-electron chi connectivity index (χ4n) is 11.4. The molecule has 0 radical (unpaired) electrons. The van der Waals surface area contributed by atoms with Crippen molar-refractivity contribution in [3.63, 3.8) is 0 Å². The van der Waals surface area contributed by atoms with Gasteiger partial charge in [0.1, 0.15) is 23.9 Å². The first-order valence-corrected chi connectivity index (χ1v) is 19.5. The Balaban J connectivity index is 1.31. The van der Waals surface area contributed by atoms with E-state index in [4.69, 9.17) is 18.4 Å². The van der Waals surface area contributed by atoms with Crippen molar-refractivity contribution in [3.8, 4) is 0 Å². The molecule has 1 saturated heterocycles. The maximum atomic E-state index is 12.6. The van der Waals surface area contributed by atoms with Crippen molar-refractivity contribution >= 4 is 10.4 Å². The summed E-state index contributed by atoms with van der Waals surface area (Å²) >= 11 is 0. The SMILES string of the molecule is CCC(C=CC(C)C1C(O)C(O)C2C1(C)CCC1C3(C)CCC(O)CC3C(O)C(O)C12O)C(C)COC1OCC(O)C(OC)C1OS(=O)(=O)O. The number of rotatable bonds is 11. The lowest BCUT2D eigenvalue weighted by molar-refractivity contribution is -0.309. The van der Waals surface area contributed by atoms with Crippen LogP contribution in [0, 0.1) is 52.3 Å². The number of aliphatic hydroxyl groups excluding tert-OH is 6. The van der Waals surface area contributed by atoms with Gasteiger partial charge in [-0.3, -0.25) is 4.55 Å². The molecule has 5 fully saturated rings. The minimum absolute atomic E-state index is 0.0355. The Labute approximate surface area is 295 Å². The summed E-state index contributed by atoms with van der Waals surface area (Å²) < 4.78 is 53.7. The Hall–Kier alpha value is -0.790. The number of aliphatic hydroxyl groups is 7. The molecule has 5 rings (SSSR count). The van der Waals surface area contributed by atoms with Crippen molar-refractivity contribution in [1.82, 2.24) is 0 Å². The van der Waals surface area contributed by atoms with Crippen molar-refractivity contribution in [2.75, 3.05) is 20.3 Å². The van der Waals surface area contributed by atoms with Gasteiger partial charge in [0, 0.05) is 13.0 Å². The van der Waals surface area contributed by atoms with E-state index < -0.39 is 106 Å². The molecule has 0 spiro atoms.